The number of imide groups is 1. The Morgan fingerprint density at radius 3 is 2.71 bits per heavy atom. The van der Waals surface area contributed by atoms with Gasteiger partial charge in [-0.25, -0.2) is 4.90 Å². The van der Waals surface area contributed by atoms with E-state index in [0.29, 0.717) is 18.7 Å². The molecule has 2 aromatic rings. The standard InChI is InChI=1S/C24H22N4O6/c1-12-5-3-6-14-20(12)25-23(31)24(14)19-18(16-7-4-10-26(16)24)21(29)27(22(19)30)15-9-8-13(28(32)33)11-17(15)34-2/h3,5-6,8-9,11,16,18-19H,4,7,10H2,1-2H3,(H,25,31)/t16-,18-,19+,24-/m1/s1. The van der Waals surface area contributed by atoms with Crippen molar-refractivity contribution in [2.45, 2.75) is 31.3 Å². The summed E-state index contributed by atoms with van der Waals surface area (Å²) in [6.45, 7) is 2.53. The monoisotopic (exact) mass is 462 g/mol. The molecule has 3 fully saturated rings. The number of rotatable bonds is 3. The third kappa shape index (κ3) is 2.30. The Balaban J connectivity index is 1.53. The van der Waals surface area contributed by atoms with Gasteiger partial charge < -0.3 is 10.1 Å². The van der Waals surface area contributed by atoms with Gasteiger partial charge in [-0.1, -0.05) is 18.2 Å². The zero-order valence-electron chi connectivity index (χ0n) is 18.6. The van der Waals surface area contributed by atoms with Crippen molar-refractivity contribution in [1.82, 2.24) is 4.90 Å². The van der Waals surface area contributed by atoms with Gasteiger partial charge in [0.05, 0.1) is 35.6 Å². The van der Waals surface area contributed by atoms with E-state index in [-0.39, 0.29) is 29.1 Å². The Morgan fingerprint density at radius 2 is 1.97 bits per heavy atom. The van der Waals surface area contributed by atoms with Crippen molar-refractivity contribution >= 4 is 34.8 Å². The molecule has 34 heavy (non-hydrogen) atoms. The summed E-state index contributed by atoms with van der Waals surface area (Å²) in [5.74, 6) is -2.69. The predicted octanol–water partition coefficient (Wildman–Crippen LogP) is 2.34. The van der Waals surface area contributed by atoms with E-state index in [9.17, 15) is 24.5 Å². The second-order valence-corrected chi connectivity index (χ2v) is 9.25. The fourth-order valence-electron chi connectivity index (χ4n) is 6.58. The number of fused-ring (bicyclic) bond motifs is 7. The van der Waals surface area contributed by atoms with Crippen LogP contribution >= 0.6 is 0 Å². The van der Waals surface area contributed by atoms with Crippen molar-refractivity contribution in [2.75, 3.05) is 23.9 Å². The smallest absolute Gasteiger partial charge is 0.273 e. The molecule has 6 rings (SSSR count). The van der Waals surface area contributed by atoms with Crippen molar-refractivity contribution in [1.29, 1.82) is 0 Å². The molecule has 0 radical (unpaired) electrons. The number of aryl methyl sites for hydroxylation is 1. The number of nitro benzene ring substituents is 1. The van der Waals surface area contributed by atoms with Crippen molar-refractivity contribution in [3.63, 3.8) is 0 Å². The molecule has 4 aliphatic heterocycles. The maximum Gasteiger partial charge on any atom is 0.273 e. The third-order valence-electron chi connectivity index (χ3n) is 7.85. The maximum atomic E-state index is 14.0. The highest BCUT2D eigenvalue weighted by Crippen LogP contribution is 2.61. The first-order chi connectivity index (χ1) is 16.3. The van der Waals surface area contributed by atoms with Crippen LogP contribution in [-0.4, -0.2) is 47.2 Å². The number of amides is 3. The van der Waals surface area contributed by atoms with Crippen LogP contribution in [0.15, 0.2) is 36.4 Å². The van der Waals surface area contributed by atoms with Gasteiger partial charge in [-0.3, -0.25) is 29.4 Å². The van der Waals surface area contributed by atoms with Crippen LogP contribution in [0.2, 0.25) is 0 Å². The molecule has 4 atom stereocenters. The number of nitrogens with one attached hydrogen (secondary N) is 1. The van der Waals surface area contributed by atoms with Gasteiger partial charge in [0.1, 0.15) is 11.3 Å². The molecule has 10 heteroatoms. The lowest BCUT2D eigenvalue weighted by Gasteiger charge is -2.36. The van der Waals surface area contributed by atoms with E-state index in [1.807, 2.05) is 25.1 Å². The van der Waals surface area contributed by atoms with Crippen LogP contribution in [-0.2, 0) is 19.9 Å². The van der Waals surface area contributed by atoms with Crippen molar-refractivity contribution in [3.05, 3.63) is 57.6 Å². The Kier molecular flexibility index (Phi) is 4.20. The van der Waals surface area contributed by atoms with E-state index in [4.69, 9.17) is 4.74 Å². The number of hydrogen-bond donors (Lipinski definition) is 1. The summed E-state index contributed by atoms with van der Waals surface area (Å²) < 4.78 is 5.32. The maximum absolute atomic E-state index is 14.0. The van der Waals surface area contributed by atoms with Gasteiger partial charge in [0.25, 0.3) is 5.69 Å². The van der Waals surface area contributed by atoms with Crippen LogP contribution in [0.5, 0.6) is 5.75 Å². The first-order valence-electron chi connectivity index (χ1n) is 11.2. The lowest BCUT2D eigenvalue weighted by Crippen LogP contribution is -2.54. The molecule has 0 aliphatic carbocycles. The lowest BCUT2D eigenvalue weighted by molar-refractivity contribution is -0.384. The molecule has 4 aliphatic rings. The average Bonchev–Trinajstić information content (AvgIpc) is 3.52. The first-order valence-corrected chi connectivity index (χ1v) is 11.2. The van der Waals surface area contributed by atoms with E-state index >= 15 is 0 Å². The SMILES string of the molecule is COc1cc([N+](=O)[O-])ccc1N1C(=O)[C@@H]2[C@H]3CCCN3[C@@]3(C(=O)Nc4c(C)cccc43)[C@@H]2C1=O. The summed E-state index contributed by atoms with van der Waals surface area (Å²) in [7, 11) is 1.33. The van der Waals surface area contributed by atoms with Crippen LogP contribution in [0.4, 0.5) is 17.1 Å². The van der Waals surface area contributed by atoms with Crippen molar-refractivity contribution in [2.24, 2.45) is 11.8 Å². The van der Waals surface area contributed by atoms with Crippen LogP contribution in [0.3, 0.4) is 0 Å². The number of anilines is 2. The van der Waals surface area contributed by atoms with Gasteiger partial charge in [0, 0.05) is 23.4 Å². The number of nitrogens with zero attached hydrogens (tertiary/aromatic N) is 3. The van der Waals surface area contributed by atoms with E-state index in [2.05, 4.69) is 10.2 Å². The number of para-hydroxylation sites is 1. The zero-order valence-corrected chi connectivity index (χ0v) is 18.6. The van der Waals surface area contributed by atoms with Gasteiger partial charge in [0.15, 0.2) is 0 Å². The number of hydrogen-bond acceptors (Lipinski definition) is 7. The first kappa shape index (κ1) is 20.8. The van der Waals surface area contributed by atoms with Gasteiger partial charge >= 0.3 is 0 Å². The third-order valence-corrected chi connectivity index (χ3v) is 7.85. The zero-order chi connectivity index (χ0) is 23.9. The second kappa shape index (κ2) is 6.86. The largest absolute Gasteiger partial charge is 0.494 e. The van der Waals surface area contributed by atoms with E-state index in [1.54, 1.807) is 0 Å². The van der Waals surface area contributed by atoms with E-state index < -0.39 is 34.1 Å². The Bertz CT molecular complexity index is 1310. The minimum Gasteiger partial charge on any atom is -0.494 e. The highest BCUT2D eigenvalue weighted by atomic mass is 16.6. The number of methoxy groups -OCH3 is 1. The highest BCUT2D eigenvalue weighted by Gasteiger charge is 2.74. The van der Waals surface area contributed by atoms with Gasteiger partial charge in [-0.2, -0.15) is 0 Å². The molecule has 0 saturated carbocycles. The summed E-state index contributed by atoms with van der Waals surface area (Å²) in [6.07, 6.45) is 1.54. The molecule has 0 bridgehead atoms. The Hall–Kier alpha value is -3.79. The molecular formula is C24H22N4O6. The summed E-state index contributed by atoms with van der Waals surface area (Å²) in [6, 6.07) is 9.19. The topological polar surface area (TPSA) is 122 Å². The lowest BCUT2D eigenvalue weighted by atomic mass is 9.75. The normalized spacial score (nSPS) is 29.4. The quantitative estimate of drug-likeness (QED) is 0.422. The number of non-ortho nitro benzene ring substituents is 1. The van der Waals surface area contributed by atoms with Crippen molar-refractivity contribution < 1.29 is 24.0 Å². The summed E-state index contributed by atoms with van der Waals surface area (Å²) in [5.41, 5.74) is 1.01. The van der Waals surface area contributed by atoms with E-state index in [1.165, 1.54) is 25.3 Å². The Morgan fingerprint density at radius 1 is 1.18 bits per heavy atom. The number of carbonyl (C=O) groups is 3. The minimum absolute atomic E-state index is 0.0559. The highest BCUT2D eigenvalue weighted by molar-refractivity contribution is 6.26. The molecule has 4 heterocycles. The molecule has 0 unspecified atom stereocenters. The molecule has 174 valence electrons. The van der Waals surface area contributed by atoms with Crippen molar-refractivity contribution in [3.8, 4) is 5.75 Å². The predicted molar refractivity (Wildman–Crippen MR) is 120 cm³/mol. The molecule has 1 N–H and O–H groups in total. The average molecular weight is 462 g/mol. The van der Waals surface area contributed by atoms with Crippen LogP contribution in [0, 0.1) is 28.9 Å². The summed E-state index contributed by atoms with van der Waals surface area (Å²) in [4.78, 5) is 55.3. The van der Waals surface area contributed by atoms with Crippen LogP contribution in [0.25, 0.3) is 0 Å². The molecule has 2 aromatic carbocycles. The number of ether oxygens (including phenoxy) is 1. The summed E-state index contributed by atoms with van der Waals surface area (Å²) >= 11 is 0. The minimum atomic E-state index is -1.26. The molecule has 3 saturated heterocycles. The summed E-state index contributed by atoms with van der Waals surface area (Å²) in [5, 5.41) is 14.2. The molecule has 0 aromatic heterocycles. The van der Waals surface area contributed by atoms with Crippen LogP contribution in [0.1, 0.15) is 24.0 Å². The fraction of sp³-hybridized carbons (Fsp3) is 0.375. The Labute approximate surface area is 194 Å². The molecule has 1 spiro atoms. The van der Waals surface area contributed by atoms with Gasteiger partial charge in [-0.15, -0.1) is 0 Å². The number of benzene rings is 2. The van der Waals surface area contributed by atoms with Gasteiger partial charge in [-0.05, 0) is 37.9 Å². The van der Waals surface area contributed by atoms with E-state index in [0.717, 1.165) is 22.4 Å². The molecule has 3 amide bonds. The molecule has 10 nitrogen and oxygen atoms in total. The molecular weight excluding hydrogens is 440 g/mol. The van der Waals surface area contributed by atoms with Crippen LogP contribution < -0.4 is 15.0 Å². The number of carbonyl (C=O) groups excluding carboxylic acids is 3. The fourth-order valence-corrected chi connectivity index (χ4v) is 6.58. The second-order valence-electron chi connectivity index (χ2n) is 9.25. The number of nitro groups is 1. The van der Waals surface area contributed by atoms with Gasteiger partial charge in [0.2, 0.25) is 17.7 Å².